The van der Waals surface area contributed by atoms with Gasteiger partial charge in [0.1, 0.15) is 0 Å². The lowest BCUT2D eigenvalue weighted by Crippen LogP contribution is -2.18. The number of sulfonamides is 1. The van der Waals surface area contributed by atoms with Crippen molar-refractivity contribution in [3.8, 4) is 0 Å². The van der Waals surface area contributed by atoms with Crippen molar-refractivity contribution in [3.63, 3.8) is 0 Å². The Balaban J connectivity index is 2.98. The van der Waals surface area contributed by atoms with E-state index in [1.54, 1.807) is 0 Å². The Morgan fingerprint density at radius 3 is 2.47 bits per heavy atom. The summed E-state index contributed by atoms with van der Waals surface area (Å²) < 4.78 is 63.2. The van der Waals surface area contributed by atoms with E-state index < -0.39 is 21.8 Å². The van der Waals surface area contributed by atoms with Crippen LogP contribution in [0.15, 0.2) is 18.2 Å². The fourth-order valence-corrected chi connectivity index (χ4v) is 2.87. The standard InChI is InChI=1S/C11H13ClF3NO2S/c1-8-3-4-9(7-10(8)11(13,14)15)16-19(17,18)6-2-5-12/h3-4,7,16H,2,5-6H2,1H3. The predicted octanol–water partition coefficient (Wildman–Crippen LogP) is 3.38. The van der Waals surface area contributed by atoms with Gasteiger partial charge in [-0.15, -0.1) is 11.6 Å². The van der Waals surface area contributed by atoms with Crippen LogP contribution in [-0.4, -0.2) is 20.1 Å². The van der Waals surface area contributed by atoms with Crippen molar-refractivity contribution in [2.24, 2.45) is 0 Å². The summed E-state index contributed by atoms with van der Waals surface area (Å²) in [5, 5.41) is 0. The molecule has 0 fully saturated rings. The normalized spacial score (nSPS) is 12.5. The van der Waals surface area contributed by atoms with E-state index in [4.69, 9.17) is 11.6 Å². The lowest BCUT2D eigenvalue weighted by molar-refractivity contribution is -0.138. The van der Waals surface area contributed by atoms with E-state index in [-0.39, 0.29) is 29.3 Å². The van der Waals surface area contributed by atoms with Gasteiger partial charge in [-0.05, 0) is 31.0 Å². The molecule has 0 saturated heterocycles. The van der Waals surface area contributed by atoms with E-state index in [2.05, 4.69) is 4.72 Å². The third kappa shape index (κ3) is 4.91. The van der Waals surface area contributed by atoms with Gasteiger partial charge in [-0.1, -0.05) is 6.07 Å². The molecule has 0 bridgehead atoms. The summed E-state index contributed by atoms with van der Waals surface area (Å²) >= 11 is 5.38. The quantitative estimate of drug-likeness (QED) is 0.847. The molecule has 0 saturated carbocycles. The minimum Gasteiger partial charge on any atom is -0.284 e. The van der Waals surface area contributed by atoms with E-state index in [1.165, 1.54) is 19.1 Å². The Kier molecular flexibility index (Phi) is 5.09. The van der Waals surface area contributed by atoms with Crippen molar-refractivity contribution in [2.45, 2.75) is 19.5 Å². The van der Waals surface area contributed by atoms with Crippen LogP contribution in [0.25, 0.3) is 0 Å². The van der Waals surface area contributed by atoms with Gasteiger partial charge in [0, 0.05) is 11.6 Å². The van der Waals surface area contributed by atoms with Gasteiger partial charge < -0.3 is 0 Å². The maximum Gasteiger partial charge on any atom is 0.416 e. The van der Waals surface area contributed by atoms with Crippen LogP contribution >= 0.6 is 11.6 Å². The van der Waals surface area contributed by atoms with Gasteiger partial charge in [-0.3, -0.25) is 4.72 Å². The number of halogens is 4. The molecule has 108 valence electrons. The Bertz CT molecular complexity index is 543. The zero-order valence-corrected chi connectivity index (χ0v) is 11.7. The van der Waals surface area contributed by atoms with Crippen LogP contribution in [0.4, 0.5) is 18.9 Å². The predicted molar refractivity (Wildman–Crippen MR) is 68.9 cm³/mol. The lowest BCUT2D eigenvalue weighted by atomic mass is 10.1. The highest BCUT2D eigenvalue weighted by molar-refractivity contribution is 7.92. The van der Waals surface area contributed by atoms with E-state index in [9.17, 15) is 21.6 Å². The van der Waals surface area contributed by atoms with Gasteiger partial charge in [-0.2, -0.15) is 13.2 Å². The number of nitrogens with one attached hydrogen (secondary N) is 1. The Morgan fingerprint density at radius 1 is 1.32 bits per heavy atom. The summed E-state index contributed by atoms with van der Waals surface area (Å²) in [6.07, 6.45) is -4.28. The van der Waals surface area contributed by atoms with Gasteiger partial charge in [-0.25, -0.2) is 8.42 Å². The average molecular weight is 316 g/mol. The summed E-state index contributed by atoms with van der Waals surface area (Å²) in [6, 6.07) is 3.30. The summed E-state index contributed by atoms with van der Waals surface area (Å²) in [7, 11) is -3.67. The summed E-state index contributed by atoms with van der Waals surface area (Å²) in [5.74, 6) is -0.0612. The molecule has 1 rings (SSSR count). The Hall–Kier alpha value is -0.950. The summed E-state index contributed by atoms with van der Waals surface area (Å²) in [4.78, 5) is 0. The van der Waals surface area contributed by atoms with Gasteiger partial charge in [0.05, 0.1) is 11.3 Å². The van der Waals surface area contributed by atoms with E-state index in [0.29, 0.717) is 0 Å². The lowest BCUT2D eigenvalue weighted by Gasteiger charge is -2.13. The fourth-order valence-electron chi connectivity index (χ4n) is 1.47. The minimum atomic E-state index is -4.51. The maximum atomic E-state index is 12.7. The summed E-state index contributed by atoms with van der Waals surface area (Å²) in [6.45, 7) is 1.31. The van der Waals surface area contributed by atoms with Crippen molar-refractivity contribution in [3.05, 3.63) is 29.3 Å². The van der Waals surface area contributed by atoms with Crippen LogP contribution in [0.1, 0.15) is 17.5 Å². The molecule has 0 aliphatic heterocycles. The zero-order chi connectivity index (χ0) is 14.7. The number of rotatable bonds is 5. The van der Waals surface area contributed by atoms with Gasteiger partial charge in [0.25, 0.3) is 0 Å². The van der Waals surface area contributed by atoms with E-state index >= 15 is 0 Å². The van der Waals surface area contributed by atoms with Gasteiger partial charge in [0.15, 0.2) is 0 Å². The molecule has 0 aromatic heterocycles. The van der Waals surface area contributed by atoms with Gasteiger partial charge >= 0.3 is 6.18 Å². The first-order valence-electron chi connectivity index (χ1n) is 5.40. The number of anilines is 1. The number of alkyl halides is 4. The molecule has 1 aromatic carbocycles. The first-order chi connectivity index (χ1) is 8.65. The number of benzene rings is 1. The topological polar surface area (TPSA) is 46.2 Å². The van der Waals surface area contributed by atoms with Crippen LogP contribution in [0.3, 0.4) is 0 Å². The molecule has 0 unspecified atom stereocenters. The molecule has 0 atom stereocenters. The molecule has 0 aliphatic carbocycles. The fraction of sp³-hybridized carbons (Fsp3) is 0.455. The second-order valence-corrected chi connectivity index (χ2v) is 6.21. The van der Waals surface area contributed by atoms with Crippen molar-refractivity contribution >= 4 is 27.3 Å². The Morgan fingerprint density at radius 2 is 1.95 bits per heavy atom. The third-order valence-electron chi connectivity index (χ3n) is 2.36. The van der Waals surface area contributed by atoms with Crippen LogP contribution in [0.5, 0.6) is 0 Å². The summed E-state index contributed by atoms with van der Waals surface area (Å²) in [5.41, 5.74) is -0.922. The number of hydrogen-bond donors (Lipinski definition) is 1. The van der Waals surface area contributed by atoms with Crippen LogP contribution < -0.4 is 4.72 Å². The maximum absolute atomic E-state index is 12.7. The molecule has 0 spiro atoms. The molecule has 1 N–H and O–H groups in total. The van der Waals surface area contributed by atoms with Gasteiger partial charge in [0.2, 0.25) is 10.0 Å². The molecule has 3 nitrogen and oxygen atoms in total. The smallest absolute Gasteiger partial charge is 0.284 e. The van der Waals surface area contributed by atoms with E-state index in [0.717, 1.165) is 6.07 Å². The molecule has 0 aliphatic rings. The molecule has 8 heteroatoms. The van der Waals surface area contributed by atoms with Crippen molar-refractivity contribution in [1.82, 2.24) is 0 Å². The minimum absolute atomic E-state index is 0.0382. The largest absolute Gasteiger partial charge is 0.416 e. The van der Waals surface area contributed by atoms with Crippen LogP contribution in [0, 0.1) is 6.92 Å². The van der Waals surface area contributed by atoms with Crippen LogP contribution in [-0.2, 0) is 16.2 Å². The highest BCUT2D eigenvalue weighted by atomic mass is 35.5. The third-order valence-corrected chi connectivity index (χ3v) is 4.00. The van der Waals surface area contributed by atoms with Crippen molar-refractivity contribution < 1.29 is 21.6 Å². The SMILES string of the molecule is Cc1ccc(NS(=O)(=O)CCCCl)cc1C(F)(F)F. The van der Waals surface area contributed by atoms with Crippen molar-refractivity contribution in [1.29, 1.82) is 0 Å². The average Bonchev–Trinajstić information content (AvgIpc) is 2.27. The molecule has 0 radical (unpaired) electrons. The van der Waals surface area contributed by atoms with Crippen molar-refractivity contribution in [2.75, 3.05) is 16.4 Å². The molecule has 1 aromatic rings. The molecule has 0 heterocycles. The molecular formula is C11H13ClF3NO2S. The first-order valence-corrected chi connectivity index (χ1v) is 7.59. The van der Waals surface area contributed by atoms with Crippen LogP contribution in [0.2, 0.25) is 0 Å². The highest BCUT2D eigenvalue weighted by Gasteiger charge is 2.32. The Labute approximate surface area is 114 Å². The highest BCUT2D eigenvalue weighted by Crippen LogP contribution is 2.33. The second-order valence-electron chi connectivity index (χ2n) is 3.99. The number of hydrogen-bond acceptors (Lipinski definition) is 2. The molecular weight excluding hydrogens is 303 g/mol. The molecule has 19 heavy (non-hydrogen) atoms. The monoisotopic (exact) mass is 315 g/mol. The second kappa shape index (κ2) is 6.00. The molecule has 0 amide bonds. The zero-order valence-electron chi connectivity index (χ0n) is 10.1. The first kappa shape index (κ1) is 16.1. The number of aryl methyl sites for hydroxylation is 1. The van der Waals surface area contributed by atoms with E-state index in [1.807, 2.05) is 0 Å².